The fourth-order valence-corrected chi connectivity index (χ4v) is 4.34. The summed E-state index contributed by atoms with van der Waals surface area (Å²) >= 11 is 0. The molecule has 2 aliphatic rings. The molecule has 1 aliphatic heterocycles. The molecule has 1 amide bonds. The van der Waals surface area contributed by atoms with E-state index >= 15 is 0 Å². The smallest absolute Gasteiger partial charge is 0.309 e. The van der Waals surface area contributed by atoms with Crippen LogP contribution in [0.3, 0.4) is 0 Å². The molecule has 1 atom stereocenters. The molecule has 1 N–H and O–H groups in total. The Kier molecular flexibility index (Phi) is 7.40. The monoisotopic (exact) mass is 416 g/mol. The van der Waals surface area contributed by atoms with Crippen LogP contribution in [0.25, 0.3) is 0 Å². The van der Waals surface area contributed by atoms with Crippen molar-refractivity contribution >= 4 is 23.3 Å². The number of ether oxygens (including phenoxy) is 2. The quantitative estimate of drug-likeness (QED) is 0.727. The van der Waals surface area contributed by atoms with E-state index in [1.165, 1.54) is 0 Å². The summed E-state index contributed by atoms with van der Waals surface area (Å²) in [6.45, 7) is 11.6. The van der Waals surface area contributed by atoms with E-state index in [2.05, 4.69) is 31.0 Å². The molecule has 1 aromatic carbocycles. The van der Waals surface area contributed by atoms with Crippen LogP contribution in [-0.2, 0) is 19.1 Å². The maximum Gasteiger partial charge on any atom is 0.309 e. The zero-order valence-corrected chi connectivity index (χ0v) is 18.8. The van der Waals surface area contributed by atoms with Gasteiger partial charge >= 0.3 is 5.97 Å². The van der Waals surface area contributed by atoms with Crippen LogP contribution in [0, 0.1) is 17.3 Å². The molecule has 0 radical (unpaired) electrons. The largest absolute Gasteiger partial charge is 0.452 e. The van der Waals surface area contributed by atoms with Gasteiger partial charge in [-0.2, -0.15) is 0 Å². The number of hydrogen-bond acceptors (Lipinski definition) is 5. The van der Waals surface area contributed by atoms with Crippen LogP contribution in [-0.4, -0.2) is 44.3 Å². The Bertz CT molecular complexity index is 712. The molecule has 0 bridgehead atoms. The summed E-state index contributed by atoms with van der Waals surface area (Å²) in [5.74, 6) is 0.00730. The fraction of sp³-hybridized carbons (Fsp3) is 0.667. The highest BCUT2D eigenvalue weighted by Crippen LogP contribution is 2.40. The van der Waals surface area contributed by atoms with E-state index in [1.54, 1.807) is 6.92 Å². The van der Waals surface area contributed by atoms with Gasteiger partial charge in [0, 0.05) is 24.5 Å². The summed E-state index contributed by atoms with van der Waals surface area (Å²) in [5, 5.41) is 2.85. The zero-order chi connectivity index (χ0) is 21.7. The number of nitrogens with one attached hydrogen (secondary N) is 1. The average molecular weight is 417 g/mol. The molecular formula is C24H36N2O4. The van der Waals surface area contributed by atoms with Crippen molar-refractivity contribution in [2.75, 3.05) is 36.5 Å². The van der Waals surface area contributed by atoms with Gasteiger partial charge in [0.1, 0.15) is 0 Å². The highest BCUT2D eigenvalue weighted by molar-refractivity contribution is 5.95. The SMILES string of the molecule is C[C@H](OC(=O)C1CCC(C(C)(C)C)CC1)C(=O)Nc1ccc(N2CCOCC2)cc1. The number of morpholine rings is 1. The number of benzene rings is 1. The van der Waals surface area contributed by atoms with Gasteiger partial charge in [0.25, 0.3) is 5.91 Å². The topological polar surface area (TPSA) is 67.9 Å². The lowest BCUT2D eigenvalue weighted by molar-refractivity contribution is -0.158. The number of nitrogens with zero attached hydrogens (tertiary/aromatic N) is 1. The molecule has 6 nitrogen and oxygen atoms in total. The van der Waals surface area contributed by atoms with Crippen LogP contribution in [0.4, 0.5) is 11.4 Å². The van der Waals surface area contributed by atoms with Gasteiger partial charge in [0.15, 0.2) is 6.10 Å². The number of carbonyl (C=O) groups is 2. The molecule has 1 aliphatic carbocycles. The summed E-state index contributed by atoms with van der Waals surface area (Å²) in [6, 6.07) is 7.74. The number of rotatable bonds is 5. The number of carbonyl (C=O) groups excluding carboxylic acids is 2. The molecule has 0 unspecified atom stereocenters. The Labute approximate surface area is 180 Å². The minimum Gasteiger partial charge on any atom is -0.452 e. The van der Waals surface area contributed by atoms with Gasteiger partial charge in [-0.15, -0.1) is 0 Å². The molecule has 166 valence electrons. The van der Waals surface area contributed by atoms with Crippen molar-refractivity contribution in [3.63, 3.8) is 0 Å². The highest BCUT2D eigenvalue weighted by Gasteiger charge is 2.34. The van der Waals surface area contributed by atoms with E-state index in [9.17, 15) is 9.59 Å². The fourth-order valence-electron chi connectivity index (χ4n) is 4.34. The first-order valence-corrected chi connectivity index (χ1v) is 11.2. The van der Waals surface area contributed by atoms with Gasteiger partial charge < -0.3 is 19.7 Å². The Balaban J connectivity index is 1.46. The number of amides is 1. The van der Waals surface area contributed by atoms with Gasteiger partial charge in [-0.3, -0.25) is 9.59 Å². The van der Waals surface area contributed by atoms with E-state index < -0.39 is 6.10 Å². The van der Waals surface area contributed by atoms with Crippen molar-refractivity contribution < 1.29 is 19.1 Å². The predicted molar refractivity (Wildman–Crippen MR) is 119 cm³/mol. The number of hydrogen-bond donors (Lipinski definition) is 1. The molecule has 2 fully saturated rings. The van der Waals surface area contributed by atoms with Crippen molar-refractivity contribution in [2.24, 2.45) is 17.3 Å². The highest BCUT2D eigenvalue weighted by atomic mass is 16.5. The third kappa shape index (κ3) is 5.97. The van der Waals surface area contributed by atoms with Crippen LogP contribution < -0.4 is 10.2 Å². The lowest BCUT2D eigenvalue weighted by Crippen LogP contribution is -2.36. The van der Waals surface area contributed by atoms with Crippen molar-refractivity contribution in [3.8, 4) is 0 Å². The first-order valence-electron chi connectivity index (χ1n) is 11.2. The Morgan fingerprint density at radius 2 is 1.67 bits per heavy atom. The van der Waals surface area contributed by atoms with Crippen molar-refractivity contribution in [1.29, 1.82) is 0 Å². The molecular weight excluding hydrogens is 380 g/mol. The number of esters is 1. The number of anilines is 2. The molecule has 1 aromatic rings. The Hall–Kier alpha value is -2.08. The van der Waals surface area contributed by atoms with E-state index in [4.69, 9.17) is 9.47 Å². The van der Waals surface area contributed by atoms with E-state index in [0.717, 1.165) is 57.7 Å². The normalized spacial score (nSPS) is 23.5. The van der Waals surface area contributed by atoms with E-state index in [0.29, 0.717) is 11.6 Å². The van der Waals surface area contributed by atoms with Gasteiger partial charge in [-0.05, 0) is 68.2 Å². The van der Waals surface area contributed by atoms with Gasteiger partial charge in [0.2, 0.25) is 0 Å². The van der Waals surface area contributed by atoms with Crippen molar-refractivity contribution in [1.82, 2.24) is 0 Å². The van der Waals surface area contributed by atoms with Crippen LogP contribution in [0.5, 0.6) is 0 Å². The van der Waals surface area contributed by atoms with Crippen LogP contribution in [0.2, 0.25) is 0 Å². The van der Waals surface area contributed by atoms with Gasteiger partial charge in [-0.25, -0.2) is 0 Å². The summed E-state index contributed by atoms with van der Waals surface area (Å²) in [7, 11) is 0. The zero-order valence-electron chi connectivity index (χ0n) is 18.8. The second-order valence-corrected chi connectivity index (χ2v) is 9.63. The predicted octanol–water partition coefficient (Wildman–Crippen LogP) is 4.25. The van der Waals surface area contributed by atoms with Crippen molar-refractivity contribution in [2.45, 2.75) is 59.5 Å². The maximum absolute atomic E-state index is 12.5. The summed E-state index contributed by atoms with van der Waals surface area (Å²) in [5.41, 5.74) is 2.09. The van der Waals surface area contributed by atoms with Gasteiger partial charge in [0.05, 0.1) is 19.1 Å². The third-order valence-electron chi connectivity index (χ3n) is 6.46. The minimum atomic E-state index is -0.809. The van der Waals surface area contributed by atoms with Crippen molar-refractivity contribution in [3.05, 3.63) is 24.3 Å². The second-order valence-electron chi connectivity index (χ2n) is 9.63. The van der Waals surface area contributed by atoms with E-state index in [-0.39, 0.29) is 23.2 Å². The standard InChI is InChI=1S/C24H36N2O4/c1-17(30-23(28)18-5-7-19(8-6-18)24(2,3)4)22(27)25-20-9-11-21(12-10-20)26-13-15-29-16-14-26/h9-12,17-19H,5-8,13-16H2,1-4H3,(H,25,27)/t17-,18?,19?/m0/s1. The summed E-state index contributed by atoms with van der Waals surface area (Å²) in [6.07, 6.45) is 2.96. The van der Waals surface area contributed by atoms with E-state index in [1.807, 2.05) is 24.3 Å². The molecule has 30 heavy (non-hydrogen) atoms. The third-order valence-corrected chi connectivity index (χ3v) is 6.46. The van der Waals surface area contributed by atoms with Gasteiger partial charge in [-0.1, -0.05) is 20.8 Å². The lowest BCUT2D eigenvalue weighted by atomic mass is 9.70. The molecule has 0 aromatic heterocycles. The second kappa shape index (κ2) is 9.82. The lowest BCUT2D eigenvalue weighted by Gasteiger charge is -2.36. The first kappa shape index (κ1) is 22.6. The molecule has 3 rings (SSSR count). The molecule has 6 heteroatoms. The summed E-state index contributed by atoms with van der Waals surface area (Å²) in [4.78, 5) is 27.3. The van der Waals surface area contributed by atoms with Crippen LogP contribution in [0.15, 0.2) is 24.3 Å². The average Bonchev–Trinajstić information content (AvgIpc) is 2.74. The van der Waals surface area contributed by atoms with Crippen LogP contribution >= 0.6 is 0 Å². The summed E-state index contributed by atoms with van der Waals surface area (Å²) < 4.78 is 10.9. The Morgan fingerprint density at radius 3 is 2.23 bits per heavy atom. The molecule has 1 saturated carbocycles. The molecule has 1 saturated heterocycles. The Morgan fingerprint density at radius 1 is 1.07 bits per heavy atom. The minimum absolute atomic E-state index is 0.0911. The molecule has 1 heterocycles. The van der Waals surface area contributed by atoms with Crippen LogP contribution in [0.1, 0.15) is 53.4 Å². The maximum atomic E-state index is 12.5. The molecule has 0 spiro atoms. The first-order chi connectivity index (χ1) is 14.2.